The van der Waals surface area contributed by atoms with Gasteiger partial charge in [-0.15, -0.1) is 0 Å². The van der Waals surface area contributed by atoms with Crippen molar-refractivity contribution in [2.45, 2.75) is 13.8 Å². The van der Waals surface area contributed by atoms with Gasteiger partial charge in [0, 0.05) is 6.54 Å². The fourth-order valence-electron chi connectivity index (χ4n) is 1.23. The van der Waals surface area contributed by atoms with E-state index in [-0.39, 0.29) is 0 Å². The molecule has 2 aromatic heterocycles. The van der Waals surface area contributed by atoms with Gasteiger partial charge in [0.1, 0.15) is 5.52 Å². The number of anilines is 2. The van der Waals surface area contributed by atoms with Crippen molar-refractivity contribution in [3.05, 3.63) is 6.33 Å². The van der Waals surface area contributed by atoms with Crippen LogP contribution in [0.3, 0.4) is 0 Å². The highest BCUT2D eigenvalue weighted by molar-refractivity contribution is 5.82. The molecule has 6 nitrogen and oxygen atoms in total. The van der Waals surface area contributed by atoms with Gasteiger partial charge in [-0.05, 0) is 5.92 Å². The SMILES string of the molecule is CC(C)CNc1nc(N)c2[nH]cnc2n1. The molecule has 2 aromatic rings. The second-order valence-electron chi connectivity index (χ2n) is 3.81. The van der Waals surface area contributed by atoms with E-state index < -0.39 is 0 Å². The standard InChI is InChI=1S/C9H14N6/c1-5(2)3-11-9-14-7(10)6-8(15-9)13-4-12-6/h4-5H,3H2,1-2H3,(H4,10,11,12,13,14,15). The molecule has 0 amide bonds. The Balaban J connectivity index is 2.28. The summed E-state index contributed by atoms with van der Waals surface area (Å²) in [6, 6.07) is 0. The van der Waals surface area contributed by atoms with Crippen LogP contribution in [0, 0.1) is 5.92 Å². The Kier molecular flexibility index (Phi) is 2.40. The largest absolute Gasteiger partial charge is 0.382 e. The molecule has 15 heavy (non-hydrogen) atoms. The number of fused-ring (bicyclic) bond motifs is 1. The Bertz CT molecular complexity index is 461. The summed E-state index contributed by atoms with van der Waals surface area (Å²) in [5.41, 5.74) is 7.02. The molecule has 0 fully saturated rings. The summed E-state index contributed by atoms with van der Waals surface area (Å²) in [7, 11) is 0. The molecule has 80 valence electrons. The minimum atomic E-state index is 0.420. The van der Waals surface area contributed by atoms with Crippen LogP contribution in [0.4, 0.5) is 11.8 Å². The summed E-state index contributed by atoms with van der Waals surface area (Å²) in [6.45, 7) is 5.04. The minimum absolute atomic E-state index is 0.420. The van der Waals surface area contributed by atoms with Gasteiger partial charge < -0.3 is 16.0 Å². The minimum Gasteiger partial charge on any atom is -0.382 e. The average molecular weight is 206 g/mol. The molecule has 0 aliphatic heterocycles. The molecule has 0 spiro atoms. The summed E-state index contributed by atoms with van der Waals surface area (Å²) >= 11 is 0. The fourth-order valence-corrected chi connectivity index (χ4v) is 1.23. The zero-order valence-corrected chi connectivity index (χ0v) is 8.78. The molecule has 6 heteroatoms. The van der Waals surface area contributed by atoms with Crippen LogP contribution in [-0.4, -0.2) is 26.5 Å². The summed E-state index contributed by atoms with van der Waals surface area (Å²) in [5, 5.41) is 3.11. The van der Waals surface area contributed by atoms with Gasteiger partial charge in [0.15, 0.2) is 11.5 Å². The molecular formula is C9H14N6. The topological polar surface area (TPSA) is 92.5 Å². The van der Waals surface area contributed by atoms with E-state index in [1.807, 2.05) is 0 Å². The van der Waals surface area contributed by atoms with Crippen molar-refractivity contribution in [1.82, 2.24) is 19.9 Å². The first kappa shape index (κ1) is 9.70. The number of hydrogen-bond donors (Lipinski definition) is 3. The van der Waals surface area contributed by atoms with Crippen molar-refractivity contribution < 1.29 is 0 Å². The molecule has 0 unspecified atom stereocenters. The zero-order chi connectivity index (χ0) is 10.8. The summed E-state index contributed by atoms with van der Waals surface area (Å²) in [6.07, 6.45) is 1.56. The summed E-state index contributed by atoms with van der Waals surface area (Å²) in [5.74, 6) is 1.48. The predicted molar refractivity (Wildman–Crippen MR) is 59.4 cm³/mol. The van der Waals surface area contributed by atoms with E-state index in [0.29, 0.717) is 28.8 Å². The molecule has 0 aliphatic rings. The molecule has 2 heterocycles. The molecule has 2 rings (SSSR count). The Labute approximate surface area is 87.3 Å². The van der Waals surface area contributed by atoms with Gasteiger partial charge in [0.2, 0.25) is 5.95 Å². The Hall–Kier alpha value is -1.85. The van der Waals surface area contributed by atoms with E-state index in [1.54, 1.807) is 6.33 Å². The molecule has 0 atom stereocenters. The molecule has 0 radical (unpaired) electrons. The highest BCUT2D eigenvalue weighted by Gasteiger charge is 2.06. The number of rotatable bonds is 3. The van der Waals surface area contributed by atoms with Crippen molar-refractivity contribution in [3.8, 4) is 0 Å². The third-order valence-corrected chi connectivity index (χ3v) is 1.98. The van der Waals surface area contributed by atoms with Crippen LogP contribution in [0.1, 0.15) is 13.8 Å². The molecular weight excluding hydrogens is 192 g/mol. The number of nitrogens with two attached hydrogens (primary N) is 1. The van der Waals surface area contributed by atoms with Crippen LogP contribution < -0.4 is 11.1 Å². The van der Waals surface area contributed by atoms with Crippen molar-refractivity contribution in [2.75, 3.05) is 17.6 Å². The smallest absolute Gasteiger partial charge is 0.226 e. The van der Waals surface area contributed by atoms with E-state index in [1.165, 1.54) is 0 Å². The second kappa shape index (κ2) is 3.72. The molecule has 4 N–H and O–H groups in total. The van der Waals surface area contributed by atoms with E-state index in [2.05, 4.69) is 39.1 Å². The Morgan fingerprint density at radius 3 is 3.00 bits per heavy atom. The predicted octanol–water partition coefficient (Wildman–Crippen LogP) is 1.00. The van der Waals surface area contributed by atoms with E-state index in [4.69, 9.17) is 5.73 Å². The summed E-state index contributed by atoms with van der Waals surface area (Å²) in [4.78, 5) is 15.3. The number of aromatic amines is 1. The molecule has 0 bridgehead atoms. The van der Waals surface area contributed by atoms with Gasteiger partial charge in [0.05, 0.1) is 6.33 Å². The van der Waals surface area contributed by atoms with Crippen LogP contribution in [-0.2, 0) is 0 Å². The number of hydrogen-bond acceptors (Lipinski definition) is 5. The number of H-pyrrole nitrogens is 1. The van der Waals surface area contributed by atoms with Gasteiger partial charge in [-0.25, -0.2) is 4.98 Å². The van der Waals surface area contributed by atoms with Crippen LogP contribution in [0.5, 0.6) is 0 Å². The maximum atomic E-state index is 5.75. The van der Waals surface area contributed by atoms with Crippen LogP contribution in [0.2, 0.25) is 0 Å². The summed E-state index contributed by atoms with van der Waals surface area (Å²) < 4.78 is 0. The molecule has 0 aromatic carbocycles. The van der Waals surface area contributed by atoms with E-state index in [9.17, 15) is 0 Å². The lowest BCUT2D eigenvalue weighted by Crippen LogP contribution is -2.11. The number of nitrogens with zero attached hydrogens (tertiary/aromatic N) is 3. The number of nitrogens with one attached hydrogen (secondary N) is 2. The normalized spacial score (nSPS) is 11.1. The third kappa shape index (κ3) is 1.98. The fraction of sp³-hybridized carbons (Fsp3) is 0.444. The average Bonchev–Trinajstić information content (AvgIpc) is 2.63. The lowest BCUT2D eigenvalue weighted by Gasteiger charge is -2.07. The number of aromatic nitrogens is 4. The highest BCUT2D eigenvalue weighted by atomic mass is 15.2. The van der Waals surface area contributed by atoms with Gasteiger partial charge in [-0.3, -0.25) is 0 Å². The quantitative estimate of drug-likeness (QED) is 0.696. The van der Waals surface area contributed by atoms with Crippen molar-refractivity contribution in [3.63, 3.8) is 0 Å². The molecule has 0 aliphatic carbocycles. The van der Waals surface area contributed by atoms with Gasteiger partial charge >= 0.3 is 0 Å². The zero-order valence-electron chi connectivity index (χ0n) is 8.78. The maximum absolute atomic E-state index is 5.75. The first-order chi connectivity index (χ1) is 7.16. The van der Waals surface area contributed by atoms with Crippen molar-refractivity contribution in [2.24, 2.45) is 5.92 Å². The van der Waals surface area contributed by atoms with Gasteiger partial charge in [-0.2, -0.15) is 9.97 Å². The number of nitrogen functional groups attached to an aromatic ring is 1. The van der Waals surface area contributed by atoms with Gasteiger partial charge in [0.25, 0.3) is 0 Å². The monoisotopic (exact) mass is 206 g/mol. The molecule has 0 saturated heterocycles. The van der Waals surface area contributed by atoms with Crippen molar-refractivity contribution >= 4 is 22.9 Å². The third-order valence-electron chi connectivity index (χ3n) is 1.98. The van der Waals surface area contributed by atoms with E-state index >= 15 is 0 Å². The van der Waals surface area contributed by atoms with Crippen LogP contribution in [0.15, 0.2) is 6.33 Å². The van der Waals surface area contributed by atoms with Crippen LogP contribution >= 0.6 is 0 Å². The highest BCUT2D eigenvalue weighted by Crippen LogP contribution is 2.15. The lowest BCUT2D eigenvalue weighted by atomic mass is 10.2. The second-order valence-corrected chi connectivity index (χ2v) is 3.81. The van der Waals surface area contributed by atoms with Crippen LogP contribution in [0.25, 0.3) is 11.2 Å². The van der Waals surface area contributed by atoms with Gasteiger partial charge in [-0.1, -0.05) is 13.8 Å². The number of imidazole rings is 1. The first-order valence-electron chi connectivity index (χ1n) is 4.87. The lowest BCUT2D eigenvalue weighted by molar-refractivity contribution is 0.685. The molecule has 0 saturated carbocycles. The maximum Gasteiger partial charge on any atom is 0.226 e. The first-order valence-corrected chi connectivity index (χ1v) is 4.87. The van der Waals surface area contributed by atoms with E-state index in [0.717, 1.165) is 6.54 Å². The van der Waals surface area contributed by atoms with Crippen molar-refractivity contribution in [1.29, 1.82) is 0 Å². The Morgan fingerprint density at radius 2 is 2.27 bits per heavy atom. The Morgan fingerprint density at radius 1 is 1.47 bits per heavy atom.